The van der Waals surface area contributed by atoms with E-state index in [1.54, 1.807) is 17.8 Å². The summed E-state index contributed by atoms with van der Waals surface area (Å²) >= 11 is 5.83. The van der Waals surface area contributed by atoms with Crippen LogP contribution in [0.4, 0.5) is 14.5 Å². The van der Waals surface area contributed by atoms with Crippen molar-refractivity contribution < 1.29 is 18.3 Å². The van der Waals surface area contributed by atoms with Gasteiger partial charge in [0.1, 0.15) is 5.75 Å². The number of ether oxygens (including phenoxy) is 1. The predicted octanol–water partition coefficient (Wildman–Crippen LogP) is 3.72. The Labute approximate surface area is 130 Å². The number of amides is 1. The zero-order valence-corrected chi connectivity index (χ0v) is 12.7. The molecule has 0 aliphatic rings. The number of rotatable bonds is 5. The van der Waals surface area contributed by atoms with Crippen molar-refractivity contribution in [3.05, 3.63) is 40.7 Å². The maximum absolute atomic E-state index is 12.2. The first-order valence-corrected chi connectivity index (χ1v) is 6.88. The number of halogens is 3. The molecule has 1 amide bonds. The standard InChI is InChI=1S/C14H14ClF2N3O2/c1-3-20-7-10(8(2)19-20)13(21)18-9-4-5-12(11(15)6-9)22-14(16)17/h4-7,14H,3H2,1-2H3,(H,18,21). The minimum Gasteiger partial charge on any atom is -0.433 e. The van der Waals surface area contributed by atoms with E-state index in [0.29, 0.717) is 23.5 Å². The number of benzene rings is 1. The minimum absolute atomic E-state index is 0.0147. The number of aryl methyl sites for hydroxylation is 2. The summed E-state index contributed by atoms with van der Waals surface area (Å²) < 4.78 is 30.2. The summed E-state index contributed by atoms with van der Waals surface area (Å²) in [6.45, 7) is 1.34. The normalized spacial score (nSPS) is 10.8. The second-order valence-electron chi connectivity index (χ2n) is 4.46. The summed E-state index contributed by atoms with van der Waals surface area (Å²) in [5.74, 6) is -0.500. The van der Waals surface area contributed by atoms with E-state index >= 15 is 0 Å². The van der Waals surface area contributed by atoms with E-state index in [4.69, 9.17) is 11.6 Å². The van der Waals surface area contributed by atoms with Crippen molar-refractivity contribution >= 4 is 23.2 Å². The van der Waals surface area contributed by atoms with Crippen LogP contribution >= 0.6 is 11.6 Å². The molecule has 22 heavy (non-hydrogen) atoms. The van der Waals surface area contributed by atoms with Crippen LogP contribution in [0.1, 0.15) is 23.0 Å². The molecule has 0 spiro atoms. The van der Waals surface area contributed by atoms with Crippen molar-refractivity contribution in [1.29, 1.82) is 0 Å². The Balaban J connectivity index is 2.14. The van der Waals surface area contributed by atoms with Gasteiger partial charge in [-0.1, -0.05) is 11.6 Å². The summed E-state index contributed by atoms with van der Waals surface area (Å²) in [5, 5.41) is 6.81. The first-order valence-electron chi connectivity index (χ1n) is 6.50. The molecule has 0 saturated heterocycles. The maximum Gasteiger partial charge on any atom is 0.387 e. The Morgan fingerprint density at radius 3 is 2.77 bits per heavy atom. The summed E-state index contributed by atoms with van der Waals surface area (Å²) in [4.78, 5) is 12.2. The third kappa shape index (κ3) is 3.73. The third-order valence-corrected chi connectivity index (χ3v) is 3.22. The highest BCUT2D eigenvalue weighted by Gasteiger charge is 2.15. The molecule has 0 saturated carbocycles. The van der Waals surface area contributed by atoms with Gasteiger partial charge in [-0.25, -0.2) is 0 Å². The van der Waals surface area contributed by atoms with Gasteiger partial charge in [0, 0.05) is 18.4 Å². The average Bonchev–Trinajstić information content (AvgIpc) is 2.83. The lowest BCUT2D eigenvalue weighted by atomic mass is 10.2. The second kappa shape index (κ2) is 6.74. The number of carbonyl (C=O) groups excluding carboxylic acids is 1. The SMILES string of the molecule is CCn1cc(C(=O)Nc2ccc(OC(F)F)c(Cl)c2)c(C)n1. The predicted molar refractivity (Wildman–Crippen MR) is 78.7 cm³/mol. The van der Waals surface area contributed by atoms with Crippen molar-refractivity contribution in [2.45, 2.75) is 27.0 Å². The molecule has 1 heterocycles. The Kier molecular flexibility index (Phi) is 4.97. The van der Waals surface area contributed by atoms with Crippen molar-refractivity contribution in [2.75, 3.05) is 5.32 Å². The Hall–Kier alpha value is -2.15. The first-order chi connectivity index (χ1) is 10.4. The van der Waals surface area contributed by atoms with E-state index in [2.05, 4.69) is 15.2 Å². The summed E-state index contributed by atoms with van der Waals surface area (Å²) in [5.41, 5.74) is 1.41. The maximum atomic E-state index is 12.2. The van der Waals surface area contributed by atoms with Crippen LogP contribution < -0.4 is 10.1 Å². The monoisotopic (exact) mass is 329 g/mol. The van der Waals surface area contributed by atoms with Crippen LogP contribution in [0, 0.1) is 6.92 Å². The van der Waals surface area contributed by atoms with Crippen LogP contribution in [-0.2, 0) is 6.54 Å². The van der Waals surface area contributed by atoms with Gasteiger partial charge in [0.2, 0.25) is 0 Å². The number of alkyl halides is 2. The Morgan fingerprint density at radius 2 is 2.23 bits per heavy atom. The van der Waals surface area contributed by atoms with E-state index < -0.39 is 6.61 Å². The molecule has 118 valence electrons. The highest BCUT2D eigenvalue weighted by molar-refractivity contribution is 6.32. The van der Waals surface area contributed by atoms with Crippen molar-refractivity contribution in [3.63, 3.8) is 0 Å². The number of nitrogens with zero attached hydrogens (tertiary/aromatic N) is 2. The number of carbonyl (C=O) groups is 1. The minimum atomic E-state index is -2.96. The molecule has 0 radical (unpaired) electrons. The van der Waals surface area contributed by atoms with Crippen LogP contribution in [0.3, 0.4) is 0 Å². The number of aromatic nitrogens is 2. The molecule has 1 N–H and O–H groups in total. The molecule has 5 nitrogen and oxygen atoms in total. The zero-order valence-electron chi connectivity index (χ0n) is 11.9. The zero-order chi connectivity index (χ0) is 16.3. The molecule has 0 atom stereocenters. The summed E-state index contributed by atoms with van der Waals surface area (Å²) in [6.07, 6.45) is 1.64. The molecule has 0 aliphatic heterocycles. The molecule has 2 rings (SSSR count). The average molecular weight is 330 g/mol. The van der Waals surface area contributed by atoms with Gasteiger partial charge in [-0.3, -0.25) is 9.48 Å². The van der Waals surface area contributed by atoms with Crippen molar-refractivity contribution in [3.8, 4) is 5.75 Å². The van der Waals surface area contributed by atoms with Gasteiger partial charge >= 0.3 is 6.61 Å². The van der Waals surface area contributed by atoms with Crippen LogP contribution in [0.25, 0.3) is 0 Å². The lowest BCUT2D eigenvalue weighted by Crippen LogP contribution is -2.12. The second-order valence-corrected chi connectivity index (χ2v) is 4.87. The van der Waals surface area contributed by atoms with E-state index in [0.717, 1.165) is 0 Å². The number of nitrogens with one attached hydrogen (secondary N) is 1. The van der Waals surface area contributed by atoms with Gasteiger partial charge < -0.3 is 10.1 Å². The molecular weight excluding hydrogens is 316 g/mol. The van der Waals surface area contributed by atoms with E-state index in [9.17, 15) is 13.6 Å². The Morgan fingerprint density at radius 1 is 1.50 bits per heavy atom. The summed E-state index contributed by atoms with van der Waals surface area (Å²) in [7, 11) is 0. The molecule has 1 aromatic carbocycles. The quantitative estimate of drug-likeness (QED) is 0.909. The topological polar surface area (TPSA) is 56.2 Å². The molecule has 0 bridgehead atoms. The number of hydrogen-bond donors (Lipinski definition) is 1. The van der Waals surface area contributed by atoms with Gasteiger partial charge in [-0.15, -0.1) is 0 Å². The van der Waals surface area contributed by atoms with Gasteiger partial charge in [-0.05, 0) is 32.0 Å². The molecule has 0 unspecified atom stereocenters. The van der Waals surface area contributed by atoms with Gasteiger partial charge in [-0.2, -0.15) is 13.9 Å². The van der Waals surface area contributed by atoms with Crippen LogP contribution in [0.5, 0.6) is 5.75 Å². The molecular formula is C14H14ClF2N3O2. The lowest BCUT2D eigenvalue weighted by molar-refractivity contribution is -0.0497. The summed E-state index contributed by atoms with van der Waals surface area (Å²) in [6, 6.07) is 4.05. The van der Waals surface area contributed by atoms with Crippen molar-refractivity contribution in [1.82, 2.24) is 9.78 Å². The van der Waals surface area contributed by atoms with E-state index in [1.807, 2.05) is 6.92 Å². The molecule has 0 fully saturated rings. The molecule has 1 aromatic heterocycles. The highest BCUT2D eigenvalue weighted by atomic mass is 35.5. The molecule has 2 aromatic rings. The fourth-order valence-corrected chi connectivity index (χ4v) is 2.10. The fraction of sp³-hybridized carbons (Fsp3) is 0.286. The Bertz CT molecular complexity index is 689. The van der Waals surface area contributed by atoms with Crippen molar-refractivity contribution in [2.24, 2.45) is 0 Å². The first kappa shape index (κ1) is 16.2. The van der Waals surface area contributed by atoms with Crippen LogP contribution in [0.2, 0.25) is 5.02 Å². The van der Waals surface area contributed by atoms with Gasteiger partial charge in [0.15, 0.2) is 0 Å². The fourth-order valence-electron chi connectivity index (χ4n) is 1.87. The number of anilines is 1. The molecule has 8 heteroatoms. The molecule has 0 aliphatic carbocycles. The third-order valence-electron chi connectivity index (χ3n) is 2.92. The van der Waals surface area contributed by atoms with Crippen LogP contribution in [0.15, 0.2) is 24.4 Å². The van der Waals surface area contributed by atoms with Crippen LogP contribution in [-0.4, -0.2) is 22.3 Å². The lowest BCUT2D eigenvalue weighted by Gasteiger charge is -2.09. The van der Waals surface area contributed by atoms with Gasteiger partial charge in [0.05, 0.1) is 16.3 Å². The highest BCUT2D eigenvalue weighted by Crippen LogP contribution is 2.29. The van der Waals surface area contributed by atoms with Gasteiger partial charge in [0.25, 0.3) is 5.91 Å². The largest absolute Gasteiger partial charge is 0.433 e. The van der Waals surface area contributed by atoms with E-state index in [1.165, 1.54) is 18.2 Å². The van der Waals surface area contributed by atoms with E-state index in [-0.39, 0.29) is 16.7 Å². The number of hydrogen-bond acceptors (Lipinski definition) is 3. The smallest absolute Gasteiger partial charge is 0.387 e.